The SMILES string of the molecule is CNc1cc(C)nc(Cn2cnc3c(cnn3C)c2=O)n1. The predicted octanol–water partition coefficient (Wildman–Crippen LogP) is 0.318. The number of nitrogens with zero attached hydrogens (tertiary/aromatic N) is 6. The van der Waals surface area contributed by atoms with Gasteiger partial charge in [-0.2, -0.15) is 5.10 Å². The fraction of sp³-hybridized carbons (Fsp3) is 0.308. The van der Waals surface area contributed by atoms with Crippen LogP contribution in [0.1, 0.15) is 11.5 Å². The van der Waals surface area contributed by atoms with Gasteiger partial charge in [-0.05, 0) is 6.92 Å². The molecule has 8 heteroatoms. The van der Waals surface area contributed by atoms with E-state index in [0.29, 0.717) is 16.9 Å². The molecule has 0 aliphatic carbocycles. The van der Waals surface area contributed by atoms with Gasteiger partial charge in [0.2, 0.25) is 0 Å². The summed E-state index contributed by atoms with van der Waals surface area (Å²) in [7, 11) is 3.54. The largest absolute Gasteiger partial charge is 0.373 e. The Morgan fingerprint density at radius 2 is 2.14 bits per heavy atom. The van der Waals surface area contributed by atoms with E-state index in [2.05, 4.69) is 25.4 Å². The first-order valence-corrected chi connectivity index (χ1v) is 6.48. The van der Waals surface area contributed by atoms with Gasteiger partial charge in [-0.1, -0.05) is 0 Å². The van der Waals surface area contributed by atoms with Crippen LogP contribution in [0.4, 0.5) is 5.82 Å². The van der Waals surface area contributed by atoms with Gasteiger partial charge in [0.25, 0.3) is 5.56 Å². The fourth-order valence-corrected chi connectivity index (χ4v) is 2.16. The lowest BCUT2D eigenvalue weighted by Gasteiger charge is -2.07. The first-order valence-electron chi connectivity index (χ1n) is 6.48. The van der Waals surface area contributed by atoms with Gasteiger partial charge in [-0.3, -0.25) is 14.0 Å². The molecule has 3 heterocycles. The fourth-order valence-electron chi connectivity index (χ4n) is 2.16. The molecule has 0 saturated heterocycles. The highest BCUT2D eigenvalue weighted by Crippen LogP contribution is 2.07. The Morgan fingerprint density at radius 1 is 1.33 bits per heavy atom. The van der Waals surface area contributed by atoms with Crippen LogP contribution in [0.2, 0.25) is 0 Å². The number of nitrogens with one attached hydrogen (secondary N) is 1. The van der Waals surface area contributed by atoms with Crippen molar-refractivity contribution in [2.24, 2.45) is 7.05 Å². The van der Waals surface area contributed by atoms with Crippen LogP contribution in [0, 0.1) is 6.92 Å². The summed E-state index contributed by atoms with van der Waals surface area (Å²) < 4.78 is 3.06. The second-order valence-electron chi connectivity index (χ2n) is 4.74. The molecule has 0 amide bonds. The molecule has 8 nitrogen and oxygen atoms in total. The molecule has 21 heavy (non-hydrogen) atoms. The molecule has 0 saturated carbocycles. The van der Waals surface area contributed by atoms with Crippen LogP contribution in [0.3, 0.4) is 0 Å². The van der Waals surface area contributed by atoms with E-state index in [4.69, 9.17) is 0 Å². The maximum absolute atomic E-state index is 12.4. The molecule has 0 radical (unpaired) electrons. The van der Waals surface area contributed by atoms with E-state index in [0.717, 1.165) is 11.5 Å². The smallest absolute Gasteiger partial charge is 0.264 e. The van der Waals surface area contributed by atoms with Crippen LogP contribution in [-0.4, -0.2) is 36.3 Å². The Hall–Kier alpha value is -2.77. The number of anilines is 1. The molecule has 0 aliphatic heterocycles. The van der Waals surface area contributed by atoms with Gasteiger partial charge < -0.3 is 5.32 Å². The van der Waals surface area contributed by atoms with E-state index >= 15 is 0 Å². The third kappa shape index (κ3) is 2.35. The topological polar surface area (TPSA) is 90.5 Å². The summed E-state index contributed by atoms with van der Waals surface area (Å²) in [5, 5.41) is 7.51. The number of aromatic nitrogens is 6. The summed E-state index contributed by atoms with van der Waals surface area (Å²) >= 11 is 0. The summed E-state index contributed by atoms with van der Waals surface area (Å²) in [6, 6.07) is 1.84. The third-order valence-electron chi connectivity index (χ3n) is 3.19. The van der Waals surface area contributed by atoms with E-state index in [1.165, 1.54) is 17.1 Å². The summed E-state index contributed by atoms with van der Waals surface area (Å²) in [6.07, 6.45) is 3.02. The van der Waals surface area contributed by atoms with Crippen LogP contribution in [0.25, 0.3) is 11.0 Å². The van der Waals surface area contributed by atoms with E-state index in [1.54, 1.807) is 18.8 Å². The van der Waals surface area contributed by atoms with Gasteiger partial charge in [-0.15, -0.1) is 0 Å². The predicted molar refractivity (Wildman–Crippen MR) is 78.2 cm³/mol. The molecule has 108 valence electrons. The second kappa shape index (κ2) is 4.97. The first kappa shape index (κ1) is 13.2. The molecule has 0 spiro atoms. The molecule has 0 unspecified atom stereocenters. The average molecular weight is 285 g/mol. The Morgan fingerprint density at radius 3 is 2.90 bits per heavy atom. The average Bonchev–Trinajstić information content (AvgIpc) is 2.83. The highest BCUT2D eigenvalue weighted by Gasteiger charge is 2.10. The molecule has 3 rings (SSSR count). The number of hydrogen-bond donors (Lipinski definition) is 1. The number of rotatable bonds is 3. The number of aryl methyl sites for hydroxylation is 2. The lowest BCUT2D eigenvalue weighted by Crippen LogP contribution is -2.22. The van der Waals surface area contributed by atoms with Crippen LogP contribution in [0.15, 0.2) is 23.4 Å². The van der Waals surface area contributed by atoms with E-state index in [-0.39, 0.29) is 12.1 Å². The minimum Gasteiger partial charge on any atom is -0.373 e. The van der Waals surface area contributed by atoms with Crippen molar-refractivity contribution >= 4 is 16.9 Å². The molecule has 0 aromatic carbocycles. The van der Waals surface area contributed by atoms with Crippen molar-refractivity contribution in [1.82, 2.24) is 29.3 Å². The zero-order valence-electron chi connectivity index (χ0n) is 12.0. The quantitative estimate of drug-likeness (QED) is 0.745. The minimum atomic E-state index is -0.149. The van der Waals surface area contributed by atoms with Crippen LogP contribution in [-0.2, 0) is 13.6 Å². The monoisotopic (exact) mass is 285 g/mol. The van der Waals surface area contributed by atoms with Crippen molar-refractivity contribution in [3.63, 3.8) is 0 Å². The summed E-state index contributed by atoms with van der Waals surface area (Å²) in [5.74, 6) is 1.28. The zero-order chi connectivity index (χ0) is 15.0. The highest BCUT2D eigenvalue weighted by molar-refractivity contribution is 5.72. The molecule has 0 bridgehead atoms. The van der Waals surface area contributed by atoms with Crippen molar-refractivity contribution in [2.45, 2.75) is 13.5 Å². The van der Waals surface area contributed by atoms with Gasteiger partial charge in [0.15, 0.2) is 11.5 Å². The van der Waals surface area contributed by atoms with Crippen LogP contribution in [0.5, 0.6) is 0 Å². The Labute approximate surface area is 120 Å². The molecule has 3 aromatic heterocycles. The van der Waals surface area contributed by atoms with Crippen LogP contribution >= 0.6 is 0 Å². The molecular weight excluding hydrogens is 270 g/mol. The van der Waals surface area contributed by atoms with E-state index < -0.39 is 0 Å². The third-order valence-corrected chi connectivity index (χ3v) is 3.19. The van der Waals surface area contributed by atoms with Gasteiger partial charge in [0.05, 0.1) is 12.7 Å². The van der Waals surface area contributed by atoms with E-state index in [9.17, 15) is 4.79 Å². The Bertz CT molecular complexity index is 865. The normalized spacial score (nSPS) is 11.0. The summed E-state index contributed by atoms with van der Waals surface area (Å²) in [5.41, 5.74) is 1.26. The lowest BCUT2D eigenvalue weighted by molar-refractivity contribution is 0.699. The number of fused-ring (bicyclic) bond motifs is 1. The van der Waals surface area contributed by atoms with E-state index in [1.807, 2.05) is 13.0 Å². The summed E-state index contributed by atoms with van der Waals surface area (Å²) in [6.45, 7) is 2.16. The highest BCUT2D eigenvalue weighted by atomic mass is 16.1. The Balaban J connectivity index is 2.04. The second-order valence-corrected chi connectivity index (χ2v) is 4.74. The van der Waals surface area contributed by atoms with Crippen molar-refractivity contribution in [3.8, 4) is 0 Å². The standard InChI is InChI=1S/C13H15N7O/c1-8-4-10(14-2)18-11(17-8)6-20-7-15-12-9(13(20)21)5-16-19(12)3/h4-5,7H,6H2,1-3H3,(H,14,17,18). The maximum atomic E-state index is 12.4. The van der Waals surface area contributed by atoms with Gasteiger partial charge in [0.1, 0.15) is 17.5 Å². The molecule has 0 atom stereocenters. The molecule has 0 fully saturated rings. The van der Waals surface area contributed by atoms with Gasteiger partial charge in [0, 0.05) is 25.9 Å². The lowest BCUT2D eigenvalue weighted by atomic mass is 10.4. The van der Waals surface area contributed by atoms with Crippen LogP contribution < -0.4 is 10.9 Å². The molecule has 1 N–H and O–H groups in total. The van der Waals surface area contributed by atoms with Crippen molar-refractivity contribution in [2.75, 3.05) is 12.4 Å². The number of hydrogen-bond acceptors (Lipinski definition) is 6. The minimum absolute atomic E-state index is 0.149. The first-order chi connectivity index (χ1) is 10.1. The van der Waals surface area contributed by atoms with Crippen molar-refractivity contribution < 1.29 is 0 Å². The summed E-state index contributed by atoms with van der Waals surface area (Å²) in [4.78, 5) is 25.3. The van der Waals surface area contributed by atoms with Gasteiger partial charge in [-0.25, -0.2) is 15.0 Å². The van der Waals surface area contributed by atoms with Crippen molar-refractivity contribution in [3.05, 3.63) is 40.5 Å². The molecule has 0 aliphatic rings. The van der Waals surface area contributed by atoms with Gasteiger partial charge >= 0.3 is 0 Å². The maximum Gasteiger partial charge on any atom is 0.264 e. The Kier molecular flexibility index (Phi) is 3.13. The molecular formula is C13H15N7O. The molecule has 3 aromatic rings. The van der Waals surface area contributed by atoms with Crippen molar-refractivity contribution in [1.29, 1.82) is 0 Å². The zero-order valence-corrected chi connectivity index (χ0v) is 12.0.